The van der Waals surface area contributed by atoms with E-state index in [1.165, 1.54) is 6.08 Å². The minimum atomic E-state index is -3.27. The molecule has 1 aromatic carbocycles. The molecule has 1 fully saturated rings. The lowest BCUT2D eigenvalue weighted by Crippen LogP contribution is -2.32. The predicted octanol–water partition coefficient (Wildman–Crippen LogP) is 3.91. The first-order chi connectivity index (χ1) is 14.2. The van der Waals surface area contributed by atoms with E-state index < -0.39 is 21.8 Å². The van der Waals surface area contributed by atoms with Crippen LogP contribution in [0, 0.1) is 6.92 Å². The molecule has 0 bridgehead atoms. The van der Waals surface area contributed by atoms with Gasteiger partial charge in [-0.15, -0.1) is 0 Å². The van der Waals surface area contributed by atoms with Gasteiger partial charge < -0.3 is 10.1 Å². The third-order valence-electron chi connectivity index (χ3n) is 4.95. The van der Waals surface area contributed by atoms with E-state index in [0.717, 1.165) is 37.3 Å². The van der Waals surface area contributed by atoms with Crippen LogP contribution in [0.2, 0.25) is 0 Å². The number of carbonyl (C=O) groups is 1. The summed E-state index contributed by atoms with van der Waals surface area (Å²) in [6, 6.07) is 8.67. The van der Waals surface area contributed by atoms with Gasteiger partial charge in [0.1, 0.15) is 17.1 Å². The molecule has 7 nitrogen and oxygen atoms in total. The summed E-state index contributed by atoms with van der Waals surface area (Å²) in [6.07, 6.45) is 6.88. The molecule has 0 unspecified atom stereocenters. The number of aromatic nitrogens is 2. The summed E-state index contributed by atoms with van der Waals surface area (Å²) in [5.41, 5.74) is 0.787. The van der Waals surface area contributed by atoms with E-state index in [0.29, 0.717) is 17.3 Å². The maximum Gasteiger partial charge on any atom is 0.259 e. The standard InChI is InChI=1S/C22H27N3O4S/c1-15(13-14-30(3,27)28)23-21(26)19-16(2)24-20(17-9-7-8-10-17)25-22(19)29-18-11-5-4-6-12-18/h4-6,11-15,17H,7-10H2,1-3H3,(H,23,26)/b14-13+/t15-/m0/s1. The Hall–Kier alpha value is -2.74. The second-order valence-corrected chi connectivity index (χ2v) is 9.60. The Morgan fingerprint density at radius 1 is 1.20 bits per heavy atom. The van der Waals surface area contributed by atoms with Crippen LogP contribution in [0.5, 0.6) is 11.6 Å². The van der Waals surface area contributed by atoms with Crippen LogP contribution in [0.15, 0.2) is 41.8 Å². The smallest absolute Gasteiger partial charge is 0.259 e. The highest BCUT2D eigenvalue weighted by Crippen LogP contribution is 2.34. The predicted molar refractivity (Wildman–Crippen MR) is 115 cm³/mol. The first kappa shape index (κ1) is 22.0. The fourth-order valence-corrected chi connectivity index (χ4v) is 3.98. The van der Waals surface area contributed by atoms with Gasteiger partial charge in [-0.2, -0.15) is 4.98 Å². The number of nitrogens with one attached hydrogen (secondary N) is 1. The molecule has 0 aliphatic heterocycles. The third-order valence-corrected chi connectivity index (χ3v) is 5.60. The number of hydrogen-bond donors (Lipinski definition) is 1. The lowest BCUT2D eigenvalue weighted by atomic mass is 10.1. The molecule has 1 amide bonds. The number of hydrogen-bond acceptors (Lipinski definition) is 6. The van der Waals surface area contributed by atoms with Gasteiger partial charge in [0, 0.05) is 23.6 Å². The highest BCUT2D eigenvalue weighted by atomic mass is 32.2. The van der Waals surface area contributed by atoms with Crippen molar-refractivity contribution in [3.8, 4) is 11.6 Å². The van der Waals surface area contributed by atoms with Crippen molar-refractivity contribution in [2.24, 2.45) is 0 Å². The molecule has 3 rings (SSSR count). The van der Waals surface area contributed by atoms with E-state index in [9.17, 15) is 13.2 Å². The van der Waals surface area contributed by atoms with Gasteiger partial charge >= 0.3 is 0 Å². The van der Waals surface area contributed by atoms with E-state index in [2.05, 4.69) is 15.3 Å². The Morgan fingerprint density at radius 2 is 1.87 bits per heavy atom. The van der Waals surface area contributed by atoms with Gasteiger partial charge in [-0.05, 0) is 38.8 Å². The summed E-state index contributed by atoms with van der Waals surface area (Å²) in [5.74, 6) is 1.36. The molecule has 8 heteroatoms. The third kappa shape index (κ3) is 5.89. The molecule has 0 spiro atoms. The van der Waals surface area contributed by atoms with Gasteiger partial charge in [-0.25, -0.2) is 13.4 Å². The van der Waals surface area contributed by atoms with Crippen molar-refractivity contribution in [2.45, 2.75) is 51.5 Å². The van der Waals surface area contributed by atoms with Crippen molar-refractivity contribution in [3.63, 3.8) is 0 Å². The van der Waals surface area contributed by atoms with E-state index >= 15 is 0 Å². The molecule has 1 aromatic heterocycles. The maximum atomic E-state index is 13.0. The molecular formula is C22H27N3O4S. The van der Waals surface area contributed by atoms with Gasteiger partial charge in [0.25, 0.3) is 5.91 Å². The minimum absolute atomic E-state index is 0.215. The minimum Gasteiger partial charge on any atom is -0.438 e. The topological polar surface area (TPSA) is 98.2 Å². The summed E-state index contributed by atoms with van der Waals surface area (Å²) < 4.78 is 28.6. The van der Waals surface area contributed by atoms with E-state index in [4.69, 9.17) is 4.74 Å². The number of benzene rings is 1. The van der Waals surface area contributed by atoms with E-state index in [1.807, 2.05) is 18.2 Å². The van der Waals surface area contributed by atoms with Crippen molar-refractivity contribution in [1.29, 1.82) is 0 Å². The highest BCUT2D eigenvalue weighted by molar-refractivity contribution is 7.93. The van der Waals surface area contributed by atoms with Gasteiger partial charge in [-0.1, -0.05) is 37.1 Å². The molecule has 160 valence electrons. The van der Waals surface area contributed by atoms with Crippen LogP contribution in [-0.4, -0.2) is 36.6 Å². The Balaban J connectivity index is 1.92. The van der Waals surface area contributed by atoms with E-state index in [1.54, 1.807) is 26.0 Å². The van der Waals surface area contributed by atoms with Crippen LogP contribution < -0.4 is 10.1 Å². The summed E-state index contributed by atoms with van der Waals surface area (Å²) in [5, 5.41) is 3.85. The molecule has 1 atom stereocenters. The molecule has 1 N–H and O–H groups in total. The summed E-state index contributed by atoms with van der Waals surface area (Å²) in [7, 11) is -3.27. The monoisotopic (exact) mass is 429 g/mol. The number of ether oxygens (including phenoxy) is 1. The second-order valence-electron chi connectivity index (χ2n) is 7.66. The van der Waals surface area contributed by atoms with Gasteiger partial charge in [0.15, 0.2) is 9.84 Å². The maximum absolute atomic E-state index is 13.0. The molecule has 0 radical (unpaired) electrons. The van der Waals surface area contributed by atoms with Gasteiger partial charge in [0.2, 0.25) is 5.88 Å². The quantitative estimate of drug-likeness (QED) is 0.716. The molecule has 30 heavy (non-hydrogen) atoms. The molecule has 2 aromatic rings. The average Bonchev–Trinajstić information content (AvgIpc) is 3.21. The second kappa shape index (κ2) is 9.38. The number of rotatable bonds is 7. The average molecular weight is 430 g/mol. The Morgan fingerprint density at radius 3 is 2.50 bits per heavy atom. The lowest BCUT2D eigenvalue weighted by molar-refractivity contribution is 0.0942. The number of nitrogens with zero attached hydrogens (tertiary/aromatic N) is 2. The molecule has 0 saturated heterocycles. The zero-order valence-electron chi connectivity index (χ0n) is 17.5. The number of sulfone groups is 1. The van der Waals surface area contributed by atoms with Crippen molar-refractivity contribution >= 4 is 15.7 Å². The van der Waals surface area contributed by atoms with Crippen LogP contribution in [-0.2, 0) is 9.84 Å². The number of para-hydroxylation sites is 1. The Bertz CT molecular complexity index is 1030. The highest BCUT2D eigenvalue weighted by Gasteiger charge is 2.26. The zero-order valence-corrected chi connectivity index (χ0v) is 18.3. The normalized spacial score (nSPS) is 16.0. The fraction of sp³-hybridized carbons (Fsp3) is 0.409. The van der Waals surface area contributed by atoms with E-state index in [-0.39, 0.29) is 17.4 Å². The first-order valence-corrected chi connectivity index (χ1v) is 12.0. The van der Waals surface area contributed by atoms with Crippen LogP contribution in [0.3, 0.4) is 0 Å². The molecule has 1 heterocycles. The van der Waals surface area contributed by atoms with Crippen LogP contribution in [0.4, 0.5) is 0 Å². The lowest BCUT2D eigenvalue weighted by Gasteiger charge is -2.17. The Labute approximate surface area is 177 Å². The zero-order chi connectivity index (χ0) is 21.7. The first-order valence-electron chi connectivity index (χ1n) is 10.0. The largest absolute Gasteiger partial charge is 0.438 e. The van der Waals surface area contributed by atoms with Crippen LogP contribution >= 0.6 is 0 Å². The van der Waals surface area contributed by atoms with Crippen molar-refractivity contribution in [1.82, 2.24) is 15.3 Å². The van der Waals surface area contributed by atoms with Crippen molar-refractivity contribution in [2.75, 3.05) is 6.26 Å². The number of carbonyl (C=O) groups excluding carboxylic acids is 1. The number of aryl methyl sites for hydroxylation is 1. The summed E-state index contributed by atoms with van der Waals surface area (Å²) >= 11 is 0. The van der Waals surface area contributed by atoms with Gasteiger partial charge in [-0.3, -0.25) is 4.79 Å². The summed E-state index contributed by atoms with van der Waals surface area (Å²) in [4.78, 5) is 22.2. The molecule has 1 aliphatic carbocycles. The van der Waals surface area contributed by atoms with Crippen LogP contribution in [0.25, 0.3) is 0 Å². The van der Waals surface area contributed by atoms with Gasteiger partial charge in [0.05, 0.1) is 5.69 Å². The van der Waals surface area contributed by atoms with Crippen LogP contribution in [0.1, 0.15) is 60.4 Å². The molecular weight excluding hydrogens is 402 g/mol. The van der Waals surface area contributed by atoms with Crippen molar-refractivity contribution < 1.29 is 17.9 Å². The summed E-state index contributed by atoms with van der Waals surface area (Å²) in [6.45, 7) is 3.46. The SMILES string of the molecule is Cc1nc(C2CCCC2)nc(Oc2ccccc2)c1C(=O)N[C@@H](C)/C=C/S(C)(=O)=O. The molecule has 1 aliphatic rings. The fourth-order valence-electron chi connectivity index (χ4n) is 3.46. The van der Waals surface area contributed by atoms with Crippen molar-refractivity contribution in [3.05, 3.63) is 58.9 Å². The Kier molecular flexibility index (Phi) is 6.87. The number of amides is 1. The molecule has 1 saturated carbocycles.